The Labute approximate surface area is 168 Å². The monoisotopic (exact) mass is 399 g/mol. The summed E-state index contributed by atoms with van der Waals surface area (Å²) in [5.41, 5.74) is 0.588. The van der Waals surface area contributed by atoms with E-state index in [9.17, 15) is 9.59 Å². The Kier molecular flexibility index (Phi) is 5.29. The van der Waals surface area contributed by atoms with Crippen LogP contribution >= 0.6 is 0 Å². The number of rotatable bonds is 5. The van der Waals surface area contributed by atoms with E-state index in [-0.39, 0.29) is 17.9 Å². The van der Waals surface area contributed by atoms with Crippen LogP contribution in [0.5, 0.6) is 11.5 Å². The number of aromatic nitrogens is 1. The van der Waals surface area contributed by atoms with Gasteiger partial charge in [0.2, 0.25) is 6.79 Å². The first-order valence-electron chi connectivity index (χ1n) is 9.69. The van der Waals surface area contributed by atoms with E-state index in [0.717, 1.165) is 25.9 Å². The Morgan fingerprint density at radius 1 is 1.24 bits per heavy atom. The quantitative estimate of drug-likeness (QED) is 0.789. The number of pyridine rings is 1. The predicted octanol–water partition coefficient (Wildman–Crippen LogP) is 1.37. The fourth-order valence-electron chi connectivity index (χ4n) is 3.81. The zero-order valence-electron chi connectivity index (χ0n) is 16.6. The number of benzene rings is 1. The number of piperidine rings is 1. The van der Waals surface area contributed by atoms with Gasteiger partial charge in [-0.15, -0.1) is 0 Å². The minimum Gasteiger partial charge on any atom is -0.454 e. The van der Waals surface area contributed by atoms with Crippen molar-refractivity contribution in [2.24, 2.45) is 0 Å². The summed E-state index contributed by atoms with van der Waals surface area (Å²) >= 11 is 0. The van der Waals surface area contributed by atoms with Crippen LogP contribution in [0, 0.1) is 6.92 Å². The molecule has 1 saturated heterocycles. The summed E-state index contributed by atoms with van der Waals surface area (Å²) in [7, 11) is 1.66. The molecule has 154 valence electrons. The van der Waals surface area contributed by atoms with Crippen LogP contribution in [-0.4, -0.2) is 49.6 Å². The lowest BCUT2D eigenvalue weighted by atomic mass is 9.92. The Bertz CT molecular complexity index is 979. The minimum absolute atomic E-state index is 0.130. The summed E-state index contributed by atoms with van der Waals surface area (Å²) in [5, 5.41) is 6.20. The number of methoxy groups -OCH3 is 1. The number of aryl methyl sites for hydroxylation is 1. The van der Waals surface area contributed by atoms with Crippen LogP contribution in [0.2, 0.25) is 0 Å². The van der Waals surface area contributed by atoms with Crippen LogP contribution in [-0.2, 0) is 4.74 Å². The summed E-state index contributed by atoms with van der Waals surface area (Å²) in [6.45, 7) is 3.96. The predicted molar refractivity (Wildman–Crippen MR) is 107 cm³/mol. The van der Waals surface area contributed by atoms with Gasteiger partial charge < -0.3 is 24.8 Å². The maximum Gasteiger partial charge on any atom is 0.268 e. The maximum atomic E-state index is 13.1. The largest absolute Gasteiger partial charge is 0.454 e. The molecule has 0 atom stereocenters. The molecule has 29 heavy (non-hydrogen) atoms. The fraction of sp³-hybridized carbons (Fsp3) is 0.429. The second-order valence-corrected chi connectivity index (χ2v) is 7.41. The Morgan fingerprint density at radius 2 is 2.00 bits per heavy atom. The molecule has 2 aromatic rings. The van der Waals surface area contributed by atoms with Gasteiger partial charge in [0, 0.05) is 25.9 Å². The molecule has 8 heteroatoms. The zero-order chi connectivity index (χ0) is 20.4. The lowest BCUT2D eigenvalue weighted by Gasteiger charge is -2.36. The number of carbonyl (C=O) groups excluding carboxylic acids is 1. The van der Waals surface area contributed by atoms with Gasteiger partial charge in [0.15, 0.2) is 11.5 Å². The van der Waals surface area contributed by atoms with E-state index in [2.05, 4.69) is 10.6 Å². The number of nitrogens with zero attached hydrogens (tertiary/aromatic N) is 1. The van der Waals surface area contributed by atoms with E-state index in [4.69, 9.17) is 14.2 Å². The number of amides is 1. The van der Waals surface area contributed by atoms with Crippen molar-refractivity contribution in [2.75, 3.05) is 33.5 Å². The van der Waals surface area contributed by atoms with E-state index in [1.807, 2.05) is 0 Å². The van der Waals surface area contributed by atoms with E-state index in [1.54, 1.807) is 44.5 Å². The molecule has 4 rings (SSSR count). The third-order valence-corrected chi connectivity index (χ3v) is 5.68. The second kappa shape index (κ2) is 7.88. The normalized spacial score (nSPS) is 17.2. The van der Waals surface area contributed by atoms with Crippen LogP contribution < -0.4 is 25.7 Å². The van der Waals surface area contributed by atoms with Crippen molar-refractivity contribution in [1.82, 2.24) is 15.2 Å². The number of ether oxygens (including phenoxy) is 3. The smallest absolute Gasteiger partial charge is 0.268 e. The first-order chi connectivity index (χ1) is 14.0. The van der Waals surface area contributed by atoms with Gasteiger partial charge in [0.25, 0.3) is 11.5 Å². The average molecular weight is 399 g/mol. The number of nitrogens with one attached hydrogen (secondary N) is 2. The summed E-state index contributed by atoms with van der Waals surface area (Å²) in [5.74, 6) is 0.824. The third kappa shape index (κ3) is 3.73. The van der Waals surface area contributed by atoms with Crippen molar-refractivity contribution in [3.8, 4) is 17.2 Å². The van der Waals surface area contributed by atoms with Gasteiger partial charge in [0.1, 0.15) is 5.56 Å². The molecule has 0 unspecified atom stereocenters. The van der Waals surface area contributed by atoms with Crippen LogP contribution in [0.1, 0.15) is 28.8 Å². The van der Waals surface area contributed by atoms with Crippen molar-refractivity contribution in [3.63, 3.8) is 0 Å². The molecule has 0 aliphatic carbocycles. The molecule has 3 heterocycles. The highest BCUT2D eigenvalue weighted by Crippen LogP contribution is 2.33. The zero-order valence-corrected chi connectivity index (χ0v) is 16.6. The molecule has 1 amide bonds. The van der Waals surface area contributed by atoms with E-state index < -0.39 is 11.5 Å². The Balaban J connectivity index is 1.60. The molecule has 1 fully saturated rings. The van der Waals surface area contributed by atoms with Crippen LogP contribution in [0.25, 0.3) is 5.69 Å². The van der Waals surface area contributed by atoms with Crippen LogP contribution in [0.15, 0.2) is 35.3 Å². The van der Waals surface area contributed by atoms with E-state index >= 15 is 0 Å². The van der Waals surface area contributed by atoms with Gasteiger partial charge in [-0.05, 0) is 56.6 Å². The lowest BCUT2D eigenvalue weighted by Crippen LogP contribution is -2.51. The fourth-order valence-corrected chi connectivity index (χ4v) is 3.81. The first-order valence-corrected chi connectivity index (χ1v) is 9.69. The average Bonchev–Trinajstić information content (AvgIpc) is 3.21. The topological polar surface area (TPSA) is 90.8 Å². The molecule has 0 radical (unpaired) electrons. The standard InChI is InChI=1S/C21H25N3O5/c1-14-5-10-24(15-3-4-16-17(11-15)29-13-28-16)20(26)18(14)19(25)23-12-21(27-2)6-8-22-9-7-21/h3-5,10-11,22H,6-9,12-13H2,1-2H3,(H,23,25). The second-order valence-electron chi connectivity index (χ2n) is 7.41. The lowest BCUT2D eigenvalue weighted by molar-refractivity contribution is -0.0313. The molecule has 1 aromatic heterocycles. The molecule has 8 nitrogen and oxygen atoms in total. The van der Waals surface area contributed by atoms with Crippen LogP contribution in [0.3, 0.4) is 0 Å². The SMILES string of the molecule is COC1(CNC(=O)c2c(C)ccn(-c3ccc4c(c3)OCO4)c2=O)CCNCC1. The first kappa shape index (κ1) is 19.5. The molecule has 2 aliphatic heterocycles. The molecule has 1 aromatic carbocycles. The van der Waals surface area contributed by atoms with Crippen molar-refractivity contribution < 1.29 is 19.0 Å². The molecule has 0 bridgehead atoms. The van der Waals surface area contributed by atoms with Gasteiger partial charge in [0.05, 0.1) is 11.3 Å². The number of carbonyl (C=O) groups is 1. The van der Waals surface area contributed by atoms with Crippen LogP contribution in [0.4, 0.5) is 0 Å². The maximum absolute atomic E-state index is 13.1. The van der Waals surface area contributed by atoms with Crippen molar-refractivity contribution in [2.45, 2.75) is 25.4 Å². The summed E-state index contributed by atoms with van der Waals surface area (Å²) < 4.78 is 17.9. The van der Waals surface area contributed by atoms with Gasteiger partial charge in [-0.1, -0.05) is 0 Å². The highest BCUT2D eigenvalue weighted by molar-refractivity contribution is 5.95. The van der Waals surface area contributed by atoms with E-state index in [0.29, 0.717) is 29.3 Å². The van der Waals surface area contributed by atoms with Gasteiger partial charge in [-0.2, -0.15) is 0 Å². The summed E-state index contributed by atoms with van der Waals surface area (Å²) in [6, 6.07) is 7.01. The number of hydrogen-bond donors (Lipinski definition) is 2. The van der Waals surface area contributed by atoms with Gasteiger partial charge in [-0.25, -0.2) is 0 Å². The highest BCUT2D eigenvalue weighted by Gasteiger charge is 2.32. The van der Waals surface area contributed by atoms with Crippen molar-refractivity contribution in [3.05, 3.63) is 51.9 Å². The third-order valence-electron chi connectivity index (χ3n) is 5.68. The summed E-state index contributed by atoms with van der Waals surface area (Å²) in [6.07, 6.45) is 3.27. The number of hydrogen-bond acceptors (Lipinski definition) is 6. The number of fused-ring (bicyclic) bond motifs is 1. The molecule has 2 N–H and O–H groups in total. The highest BCUT2D eigenvalue weighted by atomic mass is 16.7. The van der Waals surface area contributed by atoms with Crippen molar-refractivity contribution in [1.29, 1.82) is 0 Å². The summed E-state index contributed by atoms with van der Waals surface area (Å²) in [4.78, 5) is 26.0. The molecule has 0 saturated carbocycles. The van der Waals surface area contributed by atoms with Crippen molar-refractivity contribution >= 4 is 5.91 Å². The Hall–Kier alpha value is -2.84. The Morgan fingerprint density at radius 3 is 2.76 bits per heavy atom. The molecular formula is C21H25N3O5. The van der Waals surface area contributed by atoms with Gasteiger partial charge in [-0.3, -0.25) is 14.2 Å². The molecular weight excluding hydrogens is 374 g/mol. The molecule has 2 aliphatic rings. The minimum atomic E-state index is -0.403. The van der Waals surface area contributed by atoms with E-state index in [1.165, 1.54) is 4.57 Å². The van der Waals surface area contributed by atoms with Gasteiger partial charge >= 0.3 is 0 Å². The molecule has 0 spiro atoms.